The SMILES string of the molecule is CCOc1cc([C@H]2C(C(=O)OCCc3ccccc3)=C(C)NC3=C2C(=O)C[C@@H](c2ccc(OC)c(OC)c2)C3)cc(Br)c1OC. The number of ketones is 1. The van der Waals surface area contributed by atoms with Crippen LogP contribution >= 0.6 is 15.9 Å². The molecule has 0 spiro atoms. The van der Waals surface area contributed by atoms with Crippen LogP contribution in [0.25, 0.3) is 0 Å². The molecule has 0 amide bonds. The topological polar surface area (TPSA) is 92.3 Å². The zero-order chi connectivity index (χ0) is 32.1. The Labute approximate surface area is 272 Å². The number of dihydropyridines is 1. The fraction of sp³-hybridized carbons (Fsp3) is 0.333. The van der Waals surface area contributed by atoms with Crippen LogP contribution in [0.4, 0.5) is 0 Å². The van der Waals surface area contributed by atoms with E-state index in [-0.39, 0.29) is 24.7 Å². The lowest BCUT2D eigenvalue weighted by Crippen LogP contribution is -2.36. The van der Waals surface area contributed by atoms with E-state index in [0.717, 1.165) is 22.4 Å². The summed E-state index contributed by atoms with van der Waals surface area (Å²) in [5.41, 5.74) is 5.18. The van der Waals surface area contributed by atoms with E-state index >= 15 is 0 Å². The summed E-state index contributed by atoms with van der Waals surface area (Å²) in [6, 6.07) is 19.4. The number of esters is 1. The van der Waals surface area contributed by atoms with Crippen molar-refractivity contribution in [3.05, 3.63) is 104 Å². The number of halogens is 1. The van der Waals surface area contributed by atoms with Gasteiger partial charge in [-0.2, -0.15) is 0 Å². The molecule has 3 aromatic carbocycles. The zero-order valence-corrected chi connectivity index (χ0v) is 27.8. The molecule has 0 fully saturated rings. The van der Waals surface area contributed by atoms with Crippen LogP contribution in [0.1, 0.15) is 55.2 Å². The number of carbonyl (C=O) groups is 2. The molecule has 1 aliphatic heterocycles. The Morgan fingerprint density at radius 1 is 0.911 bits per heavy atom. The lowest BCUT2D eigenvalue weighted by Gasteiger charge is -2.37. The number of benzene rings is 3. The third kappa shape index (κ3) is 6.73. The van der Waals surface area contributed by atoms with Gasteiger partial charge in [0.15, 0.2) is 28.8 Å². The van der Waals surface area contributed by atoms with Crippen molar-refractivity contribution in [1.29, 1.82) is 0 Å². The first-order chi connectivity index (χ1) is 21.8. The molecule has 0 saturated carbocycles. The molecule has 0 bridgehead atoms. The van der Waals surface area contributed by atoms with E-state index in [1.165, 1.54) is 0 Å². The lowest BCUT2D eigenvalue weighted by molar-refractivity contribution is -0.139. The van der Waals surface area contributed by atoms with Crippen molar-refractivity contribution >= 4 is 27.7 Å². The Hall–Kier alpha value is -4.24. The van der Waals surface area contributed by atoms with E-state index in [2.05, 4.69) is 21.2 Å². The summed E-state index contributed by atoms with van der Waals surface area (Å²) in [6.07, 6.45) is 1.44. The van der Waals surface area contributed by atoms with E-state index < -0.39 is 11.9 Å². The number of carbonyl (C=O) groups excluding carboxylic acids is 2. The lowest BCUT2D eigenvalue weighted by atomic mass is 9.71. The molecule has 2 atom stereocenters. The first kappa shape index (κ1) is 32.2. The van der Waals surface area contributed by atoms with Crippen LogP contribution < -0.4 is 24.3 Å². The van der Waals surface area contributed by atoms with E-state index in [9.17, 15) is 9.59 Å². The Balaban J connectivity index is 1.54. The summed E-state index contributed by atoms with van der Waals surface area (Å²) in [5, 5.41) is 3.43. The van der Waals surface area contributed by atoms with Crippen LogP contribution in [0.2, 0.25) is 0 Å². The van der Waals surface area contributed by atoms with Crippen LogP contribution in [-0.2, 0) is 20.7 Å². The quantitative estimate of drug-likeness (QED) is 0.217. The van der Waals surface area contributed by atoms with E-state index in [4.69, 9.17) is 23.7 Å². The molecule has 0 radical (unpaired) electrons. The van der Waals surface area contributed by atoms with Crippen molar-refractivity contribution in [2.24, 2.45) is 0 Å². The molecule has 0 aromatic heterocycles. The number of allylic oxidation sites excluding steroid dienone is 3. The molecular formula is C36H38BrNO7. The van der Waals surface area contributed by atoms with Crippen LogP contribution in [0.15, 0.2) is 87.7 Å². The Kier molecular flexibility index (Phi) is 10.2. The average molecular weight is 677 g/mol. The second-order valence-corrected chi connectivity index (χ2v) is 11.8. The van der Waals surface area contributed by atoms with Gasteiger partial charge in [-0.05, 0) is 83.1 Å². The maximum absolute atomic E-state index is 14.2. The van der Waals surface area contributed by atoms with Crippen LogP contribution in [0.3, 0.4) is 0 Å². The minimum atomic E-state index is -0.661. The number of Topliss-reactive ketones (excluding diaryl/α,β-unsaturated/α-hetero) is 1. The van der Waals surface area contributed by atoms with Crippen LogP contribution in [0.5, 0.6) is 23.0 Å². The molecule has 0 unspecified atom stereocenters. The molecule has 45 heavy (non-hydrogen) atoms. The second kappa shape index (κ2) is 14.2. The normalized spacial score (nSPS) is 17.8. The predicted molar refractivity (Wildman–Crippen MR) is 175 cm³/mol. The highest BCUT2D eigenvalue weighted by Crippen LogP contribution is 2.49. The summed E-state index contributed by atoms with van der Waals surface area (Å²) in [4.78, 5) is 28.0. The maximum atomic E-state index is 14.2. The molecule has 5 rings (SSSR count). The van der Waals surface area contributed by atoms with Gasteiger partial charge in [-0.25, -0.2) is 4.79 Å². The first-order valence-electron chi connectivity index (χ1n) is 15.0. The van der Waals surface area contributed by atoms with Crippen LogP contribution in [0, 0.1) is 0 Å². The minimum absolute atomic E-state index is 0.0412. The number of hydrogen-bond donors (Lipinski definition) is 1. The predicted octanol–water partition coefficient (Wildman–Crippen LogP) is 7.02. The third-order valence-corrected chi connectivity index (χ3v) is 8.85. The number of methoxy groups -OCH3 is 3. The fourth-order valence-electron chi connectivity index (χ4n) is 6.19. The summed E-state index contributed by atoms with van der Waals surface area (Å²) in [7, 11) is 4.77. The van der Waals surface area contributed by atoms with Crippen molar-refractivity contribution in [3.8, 4) is 23.0 Å². The monoisotopic (exact) mass is 675 g/mol. The summed E-state index contributed by atoms with van der Waals surface area (Å²) < 4.78 is 29.0. The van der Waals surface area contributed by atoms with Gasteiger partial charge in [-0.15, -0.1) is 0 Å². The number of nitrogens with one attached hydrogen (secondary N) is 1. The molecule has 236 valence electrons. The van der Waals surface area contributed by atoms with Crippen molar-refractivity contribution in [3.63, 3.8) is 0 Å². The highest BCUT2D eigenvalue weighted by atomic mass is 79.9. The molecule has 1 N–H and O–H groups in total. The molecule has 0 saturated heterocycles. The molecule has 8 nitrogen and oxygen atoms in total. The summed E-state index contributed by atoms with van der Waals surface area (Å²) in [5.74, 6) is 1.05. The molecule has 1 aliphatic carbocycles. The van der Waals surface area contributed by atoms with Gasteiger partial charge in [0, 0.05) is 35.7 Å². The fourth-order valence-corrected chi connectivity index (χ4v) is 6.81. The maximum Gasteiger partial charge on any atom is 0.336 e. The molecular weight excluding hydrogens is 638 g/mol. The van der Waals surface area contributed by atoms with Crippen molar-refractivity contribution < 1.29 is 33.3 Å². The average Bonchev–Trinajstić information content (AvgIpc) is 3.04. The standard InChI is InChI=1S/C36H38BrNO7/c1-6-44-31-20-25(16-26(37)35(31)43-5)33-32(36(40)45-15-14-22-10-8-7-9-11-22)21(2)38-27-17-24(18-28(39)34(27)33)23-12-13-29(41-3)30(19-23)42-4/h7-13,16,19-20,24,33,38H,6,14-15,17-18H2,1-5H3/t24-,33-/m0/s1. The molecule has 9 heteroatoms. The Morgan fingerprint density at radius 3 is 2.33 bits per heavy atom. The molecule has 2 aliphatic rings. The van der Waals surface area contributed by atoms with Crippen molar-refractivity contribution in [2.45, 2.75) is 44.9 Å². The van der Waals surface area contributed by atoms with Gasteiger partial charge in [-0.1, -0.05) is 36.4 Å². The van der Waals surface area contributed by atoms with Gasteiger partial charge in [0.2, 0.25) is 0 Å². The molecule has 3 aromatic rings. The number of hydrogen-bond acceptors (Lipinski definition) is 8. The van der Waals surface area contributed by atoms with Gasteiger partial charge in [0.1, 0.15) is 0 Å². The van der Waals surface area contributed by atoms with Crippen molar-refractivity contribution in [2.75, 3.05) is 34.5 Å². The van der Waals surface area contributed by atoms with Gasteiger partial charge >= 0.3 is 5.97 Å². The third-order valence-electron chi connectivity index (χ3n) is 8.26. The Bertz CT molecular complexity index is 1650. The minimum Gasteiger partial charge on any atom is -0.493 e. The van der Waals surface area contributed by atoms with Gasteiger partial charge in [0.25, 0.3) is 0 Å². The summed E-state index contributed by atoms with van der Waals surface area (Å²) >= 11 is 3.63. The van der Waals surface area contributed by atoms with Gasteiger partial charge < -0.3 is 29.0 Å². The van der Waals surface area contributed by atoms with Crippen molar-refractivity contribution in [1.82, 2.24) is 5.32 Å². The Morgan fingerprint density at radius 2 is 1.64 bits per heavy atom. The largest absolute Gasteiger partial charge is 0.493 e. The number of rotatable bonds is 11. The van der Waals surface area contributed by atoms with Gasteiger partial charge in [0.05, 0.1) is 44.6 Å². The van der Waals surface area contributed by atoms with E-state index in [1.807, 2.05) is 74.5 Å². The first-order valence-corrected chi connectivity index (χ1v) is 15.8. The van der Waals surface area contributed by atoms with Gasteiger partial charge in [-0.3, -0.25) is 4.79 Å². The summed E-state index contributed by atoms with van der Waals surface area (Å²) in [6.45, 7) is 4.38. The number of ether oxygens (including phenoxy) is 5. The highest BCUT2D eigenvalue weighted by molar-refractivity contribution is 9.10. The van der Waals surface area contributed by atoms with E-state index in [1.54, 1.807) is 21.3 Å². The van der Waals surface area contributed by atoms with Crippen LogP contribution in [-0.4, -0.2) is 46.3 Å². The zero-order valence-electron chi connectivity index (χ0n) is 26.2. The highest BCUT2D eigenvalue weighted by Gasteiger charge is 2.42. The smallest absolute Gasteiger partial charge is 0.336 e. The molecule has 1 heterocycles. The van der Waals surface area contributed by atoms with E-state index in [0.29, 0.717) is 63.8 Å². The second-order valence-electron chi connectivity index (χ2n) is 11.0.